The number of hydrogen-bond acceptors (Lipinski definition) is 4. The lowest BCUT2D eigenvalue weighted by atomic mass is 10.2. The Balaban J connectivity index is 1.33. The van der Waals surface area contributed by atoms with Crippen molar-refractivity contribution in [3.05, 3.63) is 60.1 Å². The summed E-state index contributed by atoms with van der Waals surface area (Å²) in [6, 6.07) is 12.2. The molecule has 0 aliphatic carbocycles. The van der Waals surface area contributed by atoms with Crippen LogP contribution in [0.1, 0.15) is 11.5 Å². The third kappa shape index (κ3) is 4.14. The highest BCUT2D eigenvalue weighted by Gasteiger charge is 2.33. The van der Waals surface area contributed by atoms with Gasteiger partial charge in [-0.2, -0.15) is 18.2 Å². The van der Waals surface area contributed by atoms with E-state index in [-0.39, 0.29) is 0 Å². The van der Waals surface area contributed by atoms with E-state index in [2.05, 4.69) is 15.1 Å². The number of alkyl halides is 3. The van der Waals surface area contributed by atoms with E-state index >= 15 is 0 Å². The van der Waals surface area contributed by atoms with Crippen LogP contribution >= 0.6 is 0 Å². The Labute approximate surface area is 159 Å². The molecular formula is C19H20F3N5O+2. The van der Waals surface area contributed by atoms with E-state index in [1.807, 2.05) is 35.2 Å². The summed E-state index contributed by atoms with van der Waals surface area (Å²) in [5.74, 6) is 1.85. The molecule has 1 aliphatic heterocycles. The van der Waals surface area contributed by atoms with Gasteiger partial charge in [0.05, 0.1) is 5.56 Å². The lowest BCUT2D eigenvalue weighted by Gasteiger charge is -2.27. The maximum Gasteiger partial charge on any atom is 0.419 e. The molecule has 0 saturated carbocycles. The molecule has 6 nitrogen and oxygen atoms in total. The highest BCUT2D eigenvalue weighted by Crippen LogP contribution is 2.28. The molecule has 146 valence electrons. The first-order valence-corrected chi connectivity index (χ1v) is 9.04. The predicted molar refractivity (Wildman–Crippen MR) is 94.3 cm³/mol. The Kier molecular flexibility index (Phi) is 4.99. The van der Waals surface area contributed by atoms with Crippen LogP contribution in [0.3, 0.4) is 0 Å². The second kappa shape index (κ2) is 7.59. The summed E-state index contributed by atoms with van der Waals surface area (Å²) in [5.41, 5.74) is 0.237. The monoisotopic (exact) mass is 391 g/mol. The smallest absolute Gasteiger partial charge is 0.333 e. The van der Waals surface area contributed by atoms with Crippen LogP contribution in [0.5, 0.6) is 0 Å². The second-order valence-electron chi connectivity index (χ2n) is 6.75. The summed E-state index contributed by atoms with van der Waals surface area (Å²) in [6.45, 7) is 3.76. The van der Waals surface area contributed by atoms with Crippen molar-refractivity contribution in [1.29, 1.82) is 0 Å². The van der Waals surface area contributed by atoms with E-state index in [9.17, 15) is 13.2 Å². The molecule has 1 aliphatic rings. The van der Waals surface area contributed by atoms with Crippen LogP contribution in [0.2, 0.25) is 0 Å². The quantitative estimate of drug-likeness (QED) is 0.732. The Morgan fingerprint density at radius 3 is 2.46 bits per heavy atom. The van der Waals surface area contributed by atoms with Gasteiger partial charge < -0.3 is 9.42 Å². The van der Waals surface area contributed by atoms with Crippen molar-refractivity contribution in [2.24, 2.45) is 0 Å². The number of aromatic amines is 1. The number of quaternary nitrogens is 1. The van der Waals surface area contributed by atoms with Gasteiger partial charge in [0.25, 0.3) is 11.7 Å². The normalized spacial score (nSPS) is 15.8. The van der Waals surface area contributed by atoms with Crippen LogP contribution in [0.25, 0.3) is 11.4 Å². The maximum atomic E-state index is 12.7. The number of H-pyrrole nitrogens is 1. The van der Waals surface area contributed by atoms with E-state index in [4.69, 9.17) is 4.52 Å². The third-order valence-electron chi connectivity index (χ3n) is 4.84. The maximum absolute atomic E-state index is 12.7. The van der Waals surface area contributed by atoms with Crippen LogP contribution < -0.4 is 14.8 Å². The number of aromatic nitrogens is 3. The van der Waals surface area contributed by atoms with Crippen molar-refractivity contribution in [2.75, 3.05) is 31.1 Å². The van der Waals surface area contributed by atoms with Gasteiger partial charge in [0.2, 0.25) is 5.82 Å². The van der Waals surface area contributed by atoms with E-state index < -0.39 is 11.7 Å². The summed E-state index contributed by atoms with van der Waals surface area (Å²) in [5, 5.41) is 4.04. The molecule has 0 atom stereocenters. The minimum atomic E-state index is -4.33. The summed E-state index contributed by atoms with van der Waals surface area (Å²) < 4.78 is 43.4. The molecule has 4 rings (SSSR count). The first-order valence-electron chi connectivity index (χ1n) is 9.04. The number of nitrogens with one attached hydrogen (secondary N) is 2. The molecule has 0 spiro atoms. The van der Waals surface area contributed by atoms with Gasteiger partial charge in [-0.05, 0) is 6.07 Å². The lowest BCUT2D eigenvalue weighted by Crippen LogP contribution is -3.13. The average molecular weight is 391 g/mol. The molecule has 9 heteroatoms. The third-order valence-corrected chi connectivity index (χ3v) is 4.84. The van der Waals surface area contributed by atoms with Crippen molar-refractivity contribution in [3.8, 4) is 11.4 Å². The highest BCUT2D eigenvalue weighted by molar-refractivity contribution is 5.53. The molecule has 0 radical (unpaired) electrons. The van der Waals surface area contributed by atoms with Gasteiger partial charge in [-0.3, -0.25) is 4.90 Å². The number of anilines is 1. The standard InChI is InChI=1S/C19H18F3N5O/c20-19(21,22)15-6-7-16(23-12-15)27-10-8-26(9-11-27)13-17-24-18(25-28-17)14-4-2-1-3-5-14/h1-7,12H,8-11,13H2/p+2. The molecule has 0 bridgehead atoms. The van der Waals surface area contributed by atoms with E-state index in [1.54, 1.807) is 0 Å². The molecule has 1 aromatic carbocycles. The summed E-state index contributed by atoms with van der Waals surface area (Å²) in [4.78, 5) is 10.6. The summed E-state index contributed by atoms with van der Waals surface area (Å²) >= 11 is 0. The van der Waals surface area contributed by atoms with Gasteiger partial charge in [0.1, 0.15) is 32.4 Å². The molecule has 2 aromatic heterocycles. The molecule has 1 fully saturated rings. The zero-order valence-corrected chi connectivity index (χ0v) is 15.0. The number of benzene rings is 1. The Morgan fingerprint density at radius 1 is 1.07 bits per heavy atom. The molecule has 28 heavy (non-hydrogen) atoms. The van der Waals surface area contributed by atoms with Crippen LogP contribution in [0.4, 0.5) is 19.0 Å². The lowest BCUT2D eigenvalue weighted by molar-refractivity contribution is -0.915. The number of piperazine rings is 1. The van der Waals surface area contributed by atoms with Crippen molar-refractivity contribution >= 4 is 5.82 Å². The zero-order valence-electron chi connectivity index (χ0n) is 15.0. The summed E-state index contributed by atoms with van der Waals surface area (Å²) in [7, 11) is 0. The second-order valence-corrected chi connectivity index (χ2v) is 6.75. The van der Waals surface area contributed by atoms with Crippen molar-refractivity contribution in [1.82, 2.24) is 10.1 Å². The molecule has 3 heterocycles. The fourth-order valence-electron chi connectivity index (χ4n) is 3.28. The average Bonchev–Trinajstić information content (AvgIpc) is 3.17. The highest BCUT2D eigenvalue weighted by atomic mass is 19.4. The van der Waals surface area contributed by atoms with Crippen molar-refractivity contribution in [3.63, 3.8) is 0 Å². The molecule has 0 amide bonds. The largest absolute Gasteiger partial charge is 0.419 e. The van der Waals surface area contributed by atoms with E-state index in [0.29, 0.717) is 24.1 Å². The number of rotatable bonds is 4. The first kappa shape index (κ1) is 18.4. The molecule has 2 N–H and O–H groups in total. The van der Waals surface area contributed by atoms with Crippen LogP contribution in [0.15, 0.2) is 53.2 Å². The summed E-state index contributed by atoms with van der Waals surface area (Å²) in [6.07, 6.45) is -3.32. The number of nitrogens with zero attached hydrogens (tertiary/aromatic N) is 3. The molecule has 1 saturated heterocycles. The Bertz CT molecular complexity index is 903. The van der Waals surface area contributed by atoms with E-state index in [0.717, 1.165) is 44.0 Å². The van der Waals surface area contributed by atoms with Crippen LogP contribution in [-0.4, -0.2) is 36.3 Å². The fraction of sp³-hybridized carbons (Fsp3) is 0.316. The van der Waals surface area contributed by atoms with Crippen LogP contribution in [0, 0.1) is 0 Å². The minimum absolute atomic E-state index is 0.577. The number of halogens is 3. The van der Waals surface area contributed by atoms with Gasteiger partial charge in [0, 0.05) is 11.6 Å². The molecule has 3 aromatic rings. The molecular weight excluding hydrogens is 371 g/mol. The molecule has 0 unspecified atom stereocenters. The number of hydrogen-bond donors (Lipinski definition) is 1. The minimum Gasteiger partial charge on any atom is -0.333 e. The van der Waals surface area contributed by atoms with Gasteiger partial charge in [-0.25, -0.2) is 4.98 Å². The van der Waals surface area contributed by atoms with Gasteiger partial charge >= 0.3 is 6.18 Å². The van der Waals surface area contributed by atoms with Crippen molar-refractivity contribution < 1.29 is 27.6 Å². The van der Waals surface area contributed by atoms with Crippen LogP contribution in [-0.2, 0) is 12.7 Å². The fourth-order valence-corrected chi connectivity index (χ4v) is 3.28. The number of pyridine rings is 1. The first-order chi connectivity index (χ1) is 13.5. The van der Waals surface area contributed by atoms with Crippen molar-refractivity contribution in [2.45, 2.75) is 12.7 Å². The zero-order chi connectivity index (χ0) is 19.6. The predicted octanol–water partition coefficient (Wildman–Crippen LogP) is 1.47. The SMILES string of the molecule is FC(F)(F)c1ccc(N2CC[NH+](Cc3nc(-c4ccccc4)no3)CC2)[nH+]c1. The van der Waals surface area contributed by atoms with Gasteiger partial charge in [-0.15, -0.1) is 0 Å². The van der Waals surface area contributed by atoms with Gasteiger partial charge in [0.15, 0.2) is 6.54 Å². The Hall–Kier alpha value is -2.94. The topological polar surface area (TPSA) is 60.7 Å². The Morgan fingerprint density at radius 2 is 1.82 bits per heavy atom. The van der Waals surface area contributed by atoms with Gasteiger partial charge in [-0.1, -0.05) is 35.5 Å². The van der Waals surface area contributed by atoms with E-state index in [1.165, 1.54) is 11.0 Å².